The van der Waals surface area contributed by atoms with Crippen molar-refractivity contribution in [1.82, 2.24) is 0 Å². The number of rotatable bonds is 5. The van der Waals surface area contributed by atoms with Crippen LogP contribution < -0.4 is 10.5 Å². The zero-order chi connectivity index (χ0) is 13.2. The molecular weight excluding hydrogens is 226 g/mol. The summed E-state index contributed by atoms with van der Waals surface area (Å²) in [5, 5.41) is 0. The molecule has 1 heterocycles. The molecule has 2 rings (SSSR count). The van der Waals surface area contributed by atoms with E-state index in [0.29, 0.717) is 6.54 Å². The summed E-state index contributed by atoms with van der Waals surface area (Å²) in [5.74, 6) is 0.894. The third-order valence-corrected chi connectivity index (χ3v) is 4.40. The van der Waals surface area contributed by atoms with Crippen LogP contribution in [0.3, 0.4) is 0 Å². The Balaban J connectivity index is 2.31. The Hall–Kier alpha value is -1.06. The van der Waals surface area contributed by atoms with Crippen LogP contribution in [-0.4, -0.2) is 26.9 Å². The average molecular weight is 249 g/mol. The zero-order valence-corrected chi connectivity index (χ0v) is 11.5. The maximum absolute atomic E-state index is 5.75. The third-order valence-electron chi connectivity index (χ3n) is 4.40. The molecule has 0 aromatic heterocycles. The van der Waals surface area contributed by atoms with Crippen LogP contribution in [0.15, 0.2) is 24.3 Å². The molecule has 1 fully saturated rings. The standard InChI is InChI=1S/C15H23NO2/c1-14(2,8-9-16)15(10-18-11-15)12-4-6-13(17-3)7-5-12/h4-7H,8-11,16H2,1-3H3. The molecule has 18 heavy (non-hydrogen) atoms. The predicted molar refractivity (Wildman–Crippen MR) is 72.9 cm³/mol. The molecule has 0 aliphatic carbocycles. The number of nitrogens with two attached hydrogens (primary N) is 1. The van der Waals surface area contributed by atoms with Crippen LogP contribution in [0.2, 0.25) is 0 Å². The van der Waals surface area contributed by atoms with Crippen LogP contribution in [0.5, 0.6) is 5.75 Å². The van der Waals surface area contributed by atoms with Crippen molar-refractivity contribution in [3.05, 3.63) is 29.8 Å². The molecule has 3 heteroatoms. The minimum Gasteiger partial charge on any atom is -0.497 e. The Morgan fingerprint density at radius 3 is 2.28 bits per heavy atom. The molecule has 3 nitrogen and oxygen atoms in total. The van der Waals surface area contributed by atoms with E-state index in [1.807, 2.05) is 12.1 Å². The molecule has 1 aliphatic heterocycles. The molecule has 0 spiro atoms. The van der Waals surface area contributed by atoms with Crippen molar-refractivity contribution < 1.29 is 9.47 Å². The summed E-state index contributed by atoms with van der Waals surface area (Å²) in [4.78, 5) is 0. The fourth-order valence-electron chi connectivity index (χ4n) is 2.76. The summed E-state index contributed by atoms with van der Waals surface area (Å²) in [6, 6.07) is 8.35. The van der Waals surface area contributed by atoms with Crippen molar-refractivity contribution in [1.29, 1.82) is 0 Å². The Morgan fingerprint density at radius 1 is 1.28 bits per heavy atom. The van der Waals surface area contributed by atoms with Gasteiger partial charge in [0.05, 0.1) is 20.3 Å². The van der Waals surface area contributed by atoms with E-state index in [9.17, 15) is 0 Å². The lowest BCUT2D eigenvalue weighted by Crippen LogP contribution is -2.57. The lowest BCUT2D eigenvalue weighted by atomic mass is 9.59. The molecule has 0 bridgehead atoms. The van der Waals surface area contributed by atoms with Gasteiger partial charge < -0.3 is 15.2 Å². The van der Waals surface area contributed by atoms with Crippen molar-refractivity contribution >= 4 is 0 Å². The molecule has 0 amide bonds. The van der Waals surface area contributed by atoms with E-state index in [1.165, 1.54) is 5.56 Å². The van der Waals surface area contributed by atoms with Gasteiger partial charge in [-0.3, -0.25) is 0 Å². The molecule has 1 aliphatic rings. The van der Waals surface area contributed by atoms with Crippen molar-refractivity contribution in [3.63, 3.8) is 0 Å². The normalized spacial score (nSPS) is 18.2. The summed E-state index contributed by atoms with van der Waals surface area (Å²) in [5.41, 5.74) is 7.32. The molecule has 1 aromatic carbocycles. The van der Waals surface area contributed by atoms with Gasteiger partial charge in [0.25, 0.3) is 0 Å². The topological polar surface area (TPSA) is 44.5 Å². The lowest BCUT2D eigenvalue weighted by Gasteiger charge is -2.53. The Kier molecular flexibility index (Phi) is 3.64. The van der Waals surface area contributed by atoms with Crippen molar-refractivity contribution in [2.24, 2.45) is 11.1 Å². The fraction of sp³-hybridized carbons (Fsp3) is 0.600. The summed E-state index contributed by atoms with van der Waals surface area (Å²) < 4.78 is 10.7. The van der Waals surface area contributed by atoms with Gasteiger partial charge in [-0.15, -0.1) is 0 Å². The number of hydrogen-bond donors (Lipinski definition) is 1. The van der Waals surface area contributed by atoms with E-state index in [-0.39, 0.29) is 10.8 Å². The van der Waals surface area contributed by atoms with Crippen molar-refractivity contribution in [2.75, 3.05) is 26.9 Å². The van der Waals surface area contributed by atoms with Crippen LogP contribution in [0, 0.1) is 5.41 Å². The quantitative estimate of drug-likeness (QED) is 0.871. The molecule has 0 radical (unpaired) electrons. The maximum atomic E-state index is 5.75. The van der Waals surface area contributed by atoms with Gasteiger partial charge in [0, 0.05) is 5.41 Å². The van der Waals surface area contributed by atoms with Crippen LogP contribution in [0.25, 0.3) is 0 Å². The second-order valence-electron chi connectivity index (χ2n) is 5.73. The second kappa shape index (κ2) is 4.90. The van der Waals surface area contributed by atoms with Gasteiger partial charge in [-0.1, -0.05) is 26.0 Å². The van der Waals surface area contributed by atoms with Crippen molar-refractivity contribution in [2.45, 2.75) is 25.7 Å². The van der Waals surface area contributed by atoms with E-state index in [0.717, 1.165) is 25.4 Å². The molecular formula is C15H23NO2. The maximum Gasteiger partial charge on any atom is 0.118 e. The highest BCUT2D eigenvalue weighted by atomic mass is 16.5. The largest absolute Gasteiger partial charge is 0.497 e. The number of ether oxygens (including phenoxy) is 2. The third kappa shape index (κ3) is 2.02. The molecule has 0 atom stereocenters. The van der Waals surface area contributed by atoms with E-state index in [4.69, 9.17) is 15.2 Å². The number of benzene rings is 1. The van der Waals surface area contributed by atoms with E-state index < -0.39 is 0 Å². The second-order valence-corrected chi connectivity index (χ2v) is 5.73. The molecule has 100 valence electrons. The van der Waals surface area contributed by atoms with Gasteiger partial charge in [0.1, 0.15) is 5.75 Å². The molecule has 1 saturated heterocycles. The first-order valence-electron chi connectivity index (χ1n) is 6.48. The van der Waals surface area contributed by atoms with Crippen LogP contribution in [-0.2, 0) is 10.2 Å². The first kappa shape index (κ1) is 13.4. The molecule has 0 saturated carbocycles. The number of hydrogen-bond acceptors (Lipinski definition) is 3. The SMILES string of the molecule is COc1ccc(C2(C(C)(C)CCN)COC2)cc1. The highest BCUT2D eigenvalue weighted by Gasteiger charge is 2.51. The Bertz CT molecular complexity index is 393. The van der Waals surface area contributed by atoms with Crippen LogP contribution in [0.4, 0.5) is 0 Å². The van der Waals surface area contributed by atoms with E-state index in [1.54, 1.807) is 7.11 Å². The summed E-state index contributed by atoms with van der Waals surface area (Å²) in [6.45, 7) is 6.85. The van der Waals surface area contributed by atoms with Crippen LogP contribution in [0.1, 0.15) is 25.8 Å². The van der Waals surface area contributed by atoms with E-state index >= 15 is 0 Å². The van der Waals surface area contributed by atoms with Gasteiger partial charge in [-0.05, 0) is 36.1 Å². The highest BCUT2D eigenvalue weighted by Crippen LogP contribution is 2.49. The Morgan fingerprint density at radius 2 is 1.89 bits per heavy atom. The number of methoxy groups -OCH3 is 1. The predicted octanol–water partition coefficient (Wildman–Crippen LogP) is 2.34. The van der Waals surface area contributed by atoms with Gasteiger partial charge in [-0.25, -0.2) is 0 Å². The monoisotopic (exact) mass is 249 g/mol. The minimum absolute atomic E-state index is 0.0959. The zero-order valence-electron chi connectivity index (χ0n) is 11.5. The van der Waals surface area contributed by atoms with Gasteiger partial charge in [0.15, 0.2) is 0 Å². The molecule has 1 aromatic rings. The minimum atomic E-state index is 0.0959. The first-order valence-corrected chi connectivity index (χ1v) is 6.48. The lowest BCUT2D eigenvalue weighted by molar-refractivity contribution is -0.121. The average Bonchev–Trinajstić information content (AvgIpc) is 2.28. The van der Waals surface area contributed by atoms with E-state index in [2.05, 4.69) is 26.0 Å². The van der Waals surface area contributed by atoms with Gasteiger partial charge in [-0.2, -0.15) is 0 Å². The smallest absolute Gasteiger partial charge is 0.118 e. The van der Waals surface area contributed by atoms with Crippen LogP contribution >= 0.6 is 0 Å². The summed E-state index contributed by atoms with van der Waals surface area (Å²) in [6.07, 6.45) is 1.00. The first-order chi connectivity index (χ1) is 8.55. The highest BCUT2D eigenvalue weighted by molar-refractivity contribution is 5.36. The van der Waals surface area contributed by atoms with Gasteiger partial charge in [0.2, 0.25) is 0 Å². The fourth-order valence-corrected chi connectivity index (χ4v) is 2.76. The summed E-state index contributed by atoms with van der Waals surface area (Å²) in [7, 11) is 1.69. The molecule has 2 N–H and O–H groups in total. The summed E-state index contributed by atoms with van der Waals surface area (Å²) >= 11 is 0. The molecule has 0 unspecified atom stereocenters. The van der Waals surface area contributed by atoms with Crippen molar-refractivity contribution in [3.8, 4) is 5.75 Å². The Labute approximate surface area is 109 Å². The van der Waals surface area contributed by atoms with Gasteiger partial charge >= 0.3 is 0 Å².